The van der Waals surface area contributed by atoms with Crippen LogP contribution in [0.25, 0.3) is 0 Å². The summed E-state index contributed by atoms with van der Waals surface area (Å²) in [5.41, 5.74) is 3.87. The van der Waals surface area contributed by atoms with Gasteiger partial charge in [-0.15, -0.1) is 0 Å². The quantitative estimate of drug-likeness (QED) is 0.812. The third-order valence-corrected chi connectivity index (χ3v) is 3.49. The van der Waals surface area contributed by atoms with Gasteiger partial charge in [0.15, 0.2) is 0 Å². The molecular formula is C15H16IN. The predicted octanol–water partition coefficient (Wildman–Crippen LogP) is 4.47. The molecule has 0 fully saturated rings. The van der Waals surface area contributed by atoms with Crippen LogP contribution in [0.2, 0.25) is 0 Å². The van der Waals surface area contributed by atoms with E-state index in [-0.39, 0.29) is 0 Å². The average Bonchev–Trinajstić information content (AvgIpc) is 2.39. The van der Waals surface area contributed by atoms with Gasteiger partial charge in [0.25, 0.3) is 0 Å². The first kappa shape index (κ1) is 12.4. The van der Waals surface area contributed by atoms with Crippen molar-refractivity contribution in [1.82, 2.24) is 0 Å². The fourth-order valence-corrected chi connectivity index (χ4v) is 2.02. The zero-order valence-electron chi connectivity index (χ0n) is 9.91. The monoisotopic (exact) mass is 337 g/mol. The molecule has 0 bridgehead atoms. The zero-order valence-corrected chi connectivity index (χ0v) is 12.1. The molecule has 0 aliphatic carbocycles. The van der Waals surface area contributed by atoms with Crippen LogP contribution in [-0.2, 0) is 13.0 Å². The molecule has 2 aromatic rings. The minimum Gasteiger partial charge on any atom is -0.381 e. The van der Waals surface area contributed by atoms with E-state index >= 15 is 0 Å². The third-order valence-electron chi connectivity index (χ3n) is 2.77. The maximum Gasteiger partial charge on any atom is 0.0400 e. The average molecular weight is 337 g/mol. The summed E-state index contributed by atoms with van der Waals surface area (Å²) in [6.45, 7) is 3.05. The lowest BCUT2D eigenvalue weighted by molar-refractivity contribution is 1.12. The lowest BCUT2D eigenvalue weighted by Gasteiger charge is -2.07. The number of nitrogens with one attached hydrogen (secondary N) is 1. The number of halogens is 1. The van der Waals surface area contributed by atoms with Crippen molar-refractivity contribution in [2.24, 2.45) is 0 Å². The molecule has 0 aliphatic heterocycles. The summed E-state index contributed by atoms with van der Waals surface area (Å²) in [6.07, 6.45) is 1.09. The Kier molecular flexibility index (Phi) is 4.42. The molecule has 1 nitrogen and oxygen atoms in total. The van der Waals surface area contributed by atoms with Crippen molar-refractivity contribution in [3.8, 4) is 0 Å². The normalized spacial score (nSPS) is 10.2. The van der Waals surface area contributed by atoms with Gasteiger partial charge >= 0.3 is 0 Å². The van der Waals surface area contributed by atoms with Gasteiger partial charge in [-0.3, -0.25) is 0 Å². The Morgan fingerprint density at radius 1 is 0.882 bits per heavy atom. The largest absolute Gasteiger partial charge is 0.381 e. The van der Waals surface area contributed by atoms with Crippen molar-refractivity contribution in [2.75, 3.05) is 5.32 Å². The van der Waals surface area contributed by atoms with Crippen molar-refractivity contribution < 1.29 is 0 Å². The number of hydrogen-bond donors (Lipinski definition) is 1. The van der Waals surface area contributed by atoms with Gasteiger partial charge in [0.2, 0.25) is 0 Å². The van der Waals surface area contributed by atoms with E-state index in [1.807, 2.05) is 0 Å². The summed E-state index contributed by atoms with van der Waals surface area (Å²) < 4.78 is 1.28. The lowest BCUT2D eigenvalue weighted by Crippen LogP contribution is -1.99. The number of benzene rings is 2. The predicted molar refractivity (Wildman–Crippen MR) is 82.3 cm³/mol. The van der Waals surface area contributed by atoms with Crippen LogP contribution in [0.3, 0.4) is 0 Å². The number of rotatable bonds is 4. The minimum atomic E-state index is 0.877. The first-order valence-corrected chi connectivity index (χ1v) is 6.93. The summed E-state index contributed by atoms with van der Waals surface area (Å²) in [6, 6.07) is 17.2. The second kappa shape index (κ2) is 6.05. The van der Waals surface area contributed by atoms with Gasteiger partial charge in [0.1, 0.15) is 0 Å². The molecule has 0 atom stereocenters. The Morgan fingerprint density at radius 3 is 2.06 bits per heavy atom. The highest BCUT2D eigenvalue weighted by Crippen LogP contribution is 2.12. The van der Waals surface area contributed by atoms with Gasteiger partial charge in [0, 0.05) is 15.8 Å². The molecule has 17 heavy (non-hydrogen) atoms. The second-order valence-corrected chi connectivity index (χ2v) is 5.28. The molecule has 1 N–H and O–H groups in total. The summed E-state index contributed by atoms with van der Waals surface area (Å²) in [4.78, 5) is 0. The summed E-state index contributed by atoms with van der Waals surface area (Å²) in [7, 11) is 0. The first-order valence-electron chi connectivity index (χ1n) is 5.85. The molecule has 2 rings (SSSR count). The number of hydrogen-bond acceptors (Lipinski definition) is 1. The van der Waals surface area contributed by atoms with Gasteiger partial charge in [0.05, 0.1) is 0 Å². The highest BCUT2D eigenvalue weighted by atomic mass is 127. The van der Waals surface area contributed by atoms with Crippen molar-refractivity contribution in [2.45, 2.75) is 19.9 Å². The molecule has 0 saturated carbocycles. The molecule has 88 valence electrons. The van der Waals surface area contributed by atoms with Crippen LogP contribution in [-0.4, -0.2) is 0 Å². The van der Waals surface area contributed by atoms with E-state index in [1.54, 1.807) is 0 Å². The van der Waals surface area contributed by atoms with Gasteiger partial charge in [-0.05, 0) is 64.4 Å². The van der Waals surface area contributed by atoms with E-state index in [0.29, 0.717) is 0 Å². The van der Waals surface area contributed by atoms with Crippen LogP contribution >= 0.6 is 22.6 Å². The van der Waals surface area contributed by atoms with Gasteiger partial charge in [-0.25, -0.2) is 0 Å². The first-order chi connectivity index (χ1) is 8.28. The second-order valence-electron chi connectivity index (χ2n) is 4.03. The van der Waals surface area contributed by atoms with Crippen molar-refractivity contribution in [3.05, 3.63) is 63.2 Å². The van der Waals surface area contributed by atoms with E-state index in [0.717, 1.165) is 13.0 Å². The Bertz CT molecular complexity index is 459. The van der Waals surface area contributed by atoms with E-state index in [1.165, 1.54) is 20.4 Å². The molecule has 0 spiro atoms. The molecule has 2 aromatic carbocycles. The highest BCUT2D eigenvalue weighted by molar-refractivity contribution is 14.1. The Labute approximate surface area is 116 Å². The molecule has 0 amide bonds. The van der Waals surface area contributed by atoms with E-state index in [2.05, 4.69) is 83.4 Å². The lowest BCUT2D eigenvalue weighted by atomic mass is 10.1. The van der Waals surface area contributed by atoms with Crippen LogP contribution in [0.4, 0.5) is 5.69 Å². The molecule has 0 heterocycles. The Morgan fingerprint density at radius 2 is 1.47 bits per heavy atom. The molecule has 0 saturated heterocycles. The molecule has 0 aromatic heterocycles. The van der Waals surface area contributed by atoms with E-state index in [4.69, 9.17) is 0 Å². The molecular weight excluding hydrogens is 321 g/mol. The molecule has 0 aliphatic rings. The third kappa shape index (κ3) is 3.73. The Hall–Kier alpha value is -1.03. The zero-order chi connectivity index (χ0) is 12.1. The molecule has 0 unspecified atom stereocenters. The summed E-state index contributed by atoms with van der Waals surface area (Å²) in [5, 5.41) is 3.43. The molecule has 0 radical (unpaired) electrons. The van der Waals surface area contributed by atoms with Crippen molar-refractivity contribution in [3.63, 3.8) is 0 Å². The standard InChI is InChI=1S/C15H16IN/c1-2-12-5-9-15(10-6-12)17-11-13-3-7-14(16)8-4-13/h3-10,17H,2,11H2,1H3. The van der Waals surface area contributed by atoms with Gasteiger partial charge < -0.3 is 5.32 Å². The van der Waals surface area contributed by atoms with Gasteiger partial charge in [-0.2, -0.15) is 0 Å². The topological polar surface area (TPSA) is 12.0 Å². The highest BCUT2D eigenvalue weighted by Gasteiger charge is 1.95. The smallest absolute Gasteiger partial charge is 0.0400 e. The van der Waals surface area contributed by atoms with Crippen LogP contribution in [0.1, 0.15) is 18.1 Å². The SMILES string of the molecule is CCc1ccc(NCc2ccc(I)cc2)cc1. The fourth-order valence-electron chi connectivity index (χ4n) is 1.66. The van der Waals surface area contributed by atoms with Gasteiger partial charge in [-0.1, -0.05) is 31.2 Å². The van der Waals surface area contributed by atoms with Crippen LogP contribution < -0.4 is 5.32 Å². The fraction of sp³-hybridized carbons (Fsp3) is 0.200. The van der Waals surface area contributed by atoms with Crippen LogP contribution in [0.5, 0.6) is 0 Å². The maximum absolute atomic E-state index is 3.43. The van der Waals surface area contributed by atoms with E-state index < -0.39 is 0 Å². The minimum absolute atomic E-state index is 0.877. The number of anilines is 1. The van der Waals surface area contributed by atoms with E-state index in [9.17, 15) is 0 Å². The summed E-state index contributed by atoms with van der Waals surface area (Å²) in [5.74, 6) is 0. The maximum atomic E-state index is 3.43. The van der Waals surface area contributed by atoms with Crippen LogP contribution in [0, 0.1) is 3.57 Å². The Balaban J connectivity index is 1.95. The molecule has 2 heteroatoms. The van der Waals surface area contributed by atoms with Crippen molar-refractivity contribution >= 4 is 28.3 Å². The summed E-state index contributed by atoms with van der Waals surface area (Å²) >= 11 is 2.32. The van der Waals surface area contributed by atoms with Crippen molar-refractivity contribution in [1.29, 1.82) is 0 Å². The van der Waals surface area contributed by atoms with Crippen LogP contribution in [0.15, 0.2) is 48.5 Å². The number of aryl methyl sites for hydroxylation is 1.